The van der Waals surface area contributed by atoms with Crippen molar-refractivity contribution in [1.29, 1.82) is 0 Å². The molecule has 0 aliphatic carbocycles. The van der Waals surface area contributed by atoms with Gasteiger partial charge < -0.3 is 10.1 Å². The zero-order valence-electron chi connectivity index (χ0n) is 12.3. The van der Waals surface area contributed by atoms with Crippen LogP contribution >= 0.6 is 11.8 Å². The number of hydrogen-bond acceptors (Lipinski definition) is 7. The van der Waals surface area contributed by atoms with Crippen molar-refractivity contribution in [3.8, 4) is 0 Å². The third kappa shape index (κ3) is 5.41. The molecule has 0 saturated heterocycles. The van der Waals surface area contributed by atoms with E-state index < -0.39 is 0 Å². The second-order valence-corrected chi connectivity index (χ2v) is 5.43. The summed E-state index contributed by atoms with van der Waals surface area (Å²) < 4.78 is 6.79. The van der Waals surface area contributed by atoms with E-state index in [1.165, 1.54) is 0 Å². The summed E-state index contributed by atoms with van der Waals surface area (Å²) in [7, 11) is 1.69. The highest BCUT2D eigenvalue weighted by Gasteiger charge is 2.07. The molecule has 2 rings (SSSR count). The SMILES string of the molecule is COCCNCCn1nnnc1SCc1cccc(C)n1. The summed E-state index contributed by atoms with van der Waals surface area (Å²) in [5.74, 6) is 0.763. The first-order chi connectivity index (χ1) is 10.3. The number of aromatic nitrogens is 5. The smallest absolute Gasteiger partial charge is 0.209 e. The minimum absolute atomic E-state index is 0.705. The van der Waals surface area contributed by atoms with E-state index in [4.69, 9.17) is 4.74 Å². The molecule has 0 amide bonds. The van der Waals surface area contributed by atoms with Crippen LogP contribution in [0.5, 0.6) is 0 Å². The van der Waals surface area contributed by atoms with Gasteiger partial charge in [-0.15, -0.1) is 5.10 Å². The first-order valence-electron chi connectivity index (χ1n) is 6.81. The quantitative estimate of drug-likeness (QED) is 0.545. The van der Waals surface area contributed by atoms with Gasteiger partial charge in [0.05, 0.1) is 18.8 Å². The van der Waals surface area contributed by atoms with E-state index in [1.807, 2.05) is 25.1 Å². The number of aryl methyl sites for hydroxylation is 1. The van der Waals surface area contributed by atoms with Crippen molar-refractivity contribution in [2.24, 2.45) is 0 Å². The number of thioether (sulfide) groups is 1. The van der Waals surface area contributed by atoms with Gasteiger partial charge in [0, 0.05) is 31.6 Å². The average Bonchev–Trinajstić information content (AvgIpc) is 2.92. The molecule has 2 aromatic heterocycles. The van der Waals surface area contributed by atoms with Crippen LogP contribution < -0.4 is 5.32 Å². The summed E-state index contributed by atoms with van der Waals surface area (Å²) in [5, 5.41) is 15.9. The molecular weight excluding hydrogens is 288 g/mol. The van der Waals surface area contributed by atoms with Crippen LogP contribution in [0.15, 0.2) is 23.4 Å². The van der Waals surface area contributed by atoms with E-state index in [1.54, 1.807) is 23.6 Å². The molecule has 7 nitrogen and oxygen atoms in total. The molecule has 0 bridgehead atoms. The standard InChI is InChI=1S/C13H20N6OS/c1-11-4-3-5-12(15-11)10-21-13-16-17-18-19(13)8-6-14-7-9-20-2/h3-5,14H,6-10H2,1-2H3. The second kappa shape index (κ2) is 8.71. The monoisotopic (exact) mass is 308 g/mol. The molecule has 2 aromatic rings. The zero-order chi connectivity index (χ0) is 14.9. The maximum absolute atomic E-state index is 4.98. The largest absolute Gasteiger partial charge is 0.383 e. The molecule has 21 heavy (non-hydrogen) atoms. The second-order valence-electron chi connectivity index (χ2n) is 4.49. The Hall–Kier alpha value is -1.51. The van der Waals surface area contributed by atoms with Gasteiger partial charge >= 0.3 is 0 Å². The molecule has 1 N–H and O–H groups in total. The first kappa shape index (κ1) is 15.9. The lowest BCUT2D eigenvalue weighted by Crippen LogP contribution is -2.24. The van der Waals surface area contributed by atoms with Crippen LogP contribution in [0.2, 0.25) is 0 Å². The third-order valence-electron chi connectivity index (χ3n) is 2.78. The number of methoxy groups -OCH3 is 1. The fourth-order valence-electron chi connectivity index (χ4n) is 1.74. The number of nitrogens with one attached hydrogen (secondary N) is 1. The lowest BCUT2D eigenvalue weighted by atomic mass is 10.3. The molecule has 0 aromatic carbocycles. The van der Waals surface area contributed by atoms with Gasteiger partial charge in [0.1, 0.15) is 0 Å². The van der Waals surface area contributed by atoms with Crippen LogP contribution in [0.3, 0.4) is 0 Å². The van der Waals surface area contributed by atoms with Gasteiger partial charge in [0.25, 0.3) is 0 Å². The molecule has 0 saturated carbocycles. The van der Waals surface area contributed by atoms with Crippen molar-refractivity contribution in [3.63, 3.8) is 0 Å². The Morgan fingerprint density at radius 2 is 2.24 bits per heavy atom. The van der Waals surface area contributed by atoms with Crippen molar-refractivity contribution in [3.05, 3.63) is 29.6 Å². The molecule has 0 aliphatic rings. The van der Waals surface area contributed by atoms with Gasteiger partial charge in [-0.05, 0) is 29.5 Å². The van der Waals surface area contributed by atoms with Gasteiger partial charge in [0.2, 0.25) is 5.16 Å². The van der Waals surface area contributed by atoms with Crippen LogP contribution in [0, 0.1) is 6.92 Å². The molecule has 0 unspecified atom stereocenters. The Labute approximate surface area is 128 Å². The van der Waals surface area contributed by atoms with Crippen molar-refractivity contribution in [1.82, 2.24) is 30.5 Å². The fraction of sp³-hybridized carbons (Fsp3) is 0.538. The Morgan fingerprint density at radius 1 is 1.33 bits per heavy atom. The molecule has 0 fully saturated rings. The molecule has 8 heteroatoms. The van der Waals surface area contributed by atoms with Gasteiger partial charge in [0.15, 0.2) is 0 Å². The highest BCUT2D eigenvalue weighted by atomic mass is 32.2. The Kier molecular flexibility index (Phi) is 6.58. The van der Waals surface area contributed by atoms with Crippen LogP contribution in [0.4, 0.5) is 0 Å². The predicted molar refractivity (Wildman–Crippen MR) is 81.1 cm³/mol. The van der Waals surface area contributed by atoms with Gasteiger partial charge in [-0.2, -0.15) is 0 Å². The molecule has 0 spiro atoms. The Bertz CT molecular complexity index is 547. The predicted octanol–water partition coefficient (Wildman–Crippen LogP) is 0.905. The molecule has 0 radical (unpaired) electrons. The molecule has 0 atom stereocenters. The lowest BCUT2D eigenvalue weighted by molar-refractivity contribution is 0.199. The van der Waals surface area contributed by atoms with E-state index in [2.05, 4.69) is 25.8 Å². The van der Waals surface area contributed by atoms with Crippen LogP contribution in [-0.4, -0.2) is 52.0 Å². The minimum Gasteiger partial charge on any atom is -0.383 e. The number of pyridine rings is 1. The highest BCUT2D eigenvalue weighted by Crippen LogP contribution is 2.18. The first-order valence-corrected chi connectivity index (χ1v) is 7.79. The average molecular weight is 308 g/mol. The van der Waals surface area contributed by atoms with Crippen LogP contribution in [-0.2, 0) is 17.0 Å². The Balaban J connectivity index is 1.80. The Morgan fingerprint density at radius 3 is 3.05 bits per heavy atom. The minimum atomic E-state index is 0.705. The normalized spacial score (nSPS) is 11.0. The van der Waals surface area contributed by atoms with Gasteiger partial charge in [-0.3, -0.25) is 4.98 Å². The number of nitrogens with zero attached hydrogens (tertiary/aromatic N) is 5. The summed E-state index contributed by atoms with van der Waals surface area (Å²) in [6.45, 7) is 5.07. The number of tetrazole rings is 1. The summed E-state index contributed by atoms with van der Waals surface area (Å²) in [4.78, 5) is 4.47. The van der Waals surface area contributed by atoms with Gasteiger partial charge in [-0.1, -0.05) is 17.8 Å². The fourth-order valence-corrected chi connectivity index (χ4v) is 2.55. The summed E-state index contributed by atoms with van der Waals surface area (Å²) in [5.41, 5.74) is 2.06. The van der Waals surface area contributed by atoms with Crippen molar-refractivity contribution < 1.29 is 4.74 Å². The van der Waals surface area contributed by atoms with Crippen LogP contribution in [0.25, 0.3) is 0 Å². The molecule has 0 aliphatic heterocycles. The number of hydrogen-bond donors (Lipinski definition) is 1. The van der Waals surface area contributed by atoms with E-state index >= 15 is 0 Å². The summed E-state index contributed by atoms with van der Waals surface area (Å²) >= 11 is 1.60. The number of ether oxygens (including phenoxy) is 1. The van der Waals surface area contributed by atoms with Crippen molar-refractivity contribution in [2.45, 2.75) is 24.4 Å². The molecular formula is C13H20N6OS. The van der Waals surface area contributed by atoms with Crippen molar-refractivity contribution >= 4 is 11.8 Å². The lowest BCUT2D eigenvalue weighted by Gasteiger charge is -2.06. The molecule has 114 valence electrons. The van der Waals surface area contributed by atoms with Crippen molar-refractivity contribution in [2.75, 3.05) is 26.8 Å². The van der Waals surface area contributed by atoms with Crippen LogP contribution in [0.1, 0.15) is 11.4 Å². The van der Waals surface area contributed by atoms with E-state index in [0.717, 1.165) is 41.9 Å². The summed E-state index contributed by atoms with van der Waals surface area (Å²) in [6, 6.07) is 6.02. The highest BCUT2D eigenvalue weighted by molar-refractivity contribution is 7.98. The number of rotatable bonds is 9. The maximum atomic E-state index is 4.98. The third-order valence-corrected chi connectivity index (χ3v) is 3.77. The molecule has 2 heterocycles. The zero-order valence-corrected chi connectivity index (χ0v) is 13.1. The van der Waals surface area contributed by atoms with E-state index in [0.29, 0.717) is 6.61 Å². The van der Waals surface area contributed by atoms with E-state index in [-0.39, 0.29) is 0 Å². The van der Waals surface area contributed by atoms with E-state index in [9.17, 15) is 0 Å². The topological polar surface area (TPSA) is 77.8 Å². The summed E-state index contributed by atoms with van der Waals surface area (Å²) in [6.07, 6.45) is 0. The van der Waals surface area contributed by atoms with Gasteiger partial charge in [-0.25, -0.2) is 4.68 Å². The maximum Gasteiger partial charge on any atom is 0.209 e.